The second-order valence-electron chi connectivity index (χ2n) is 11.3. The second kappa shape index (κ2) is 11.9. The zero-order valence-corrected chi connectivity index (χ0v) is 24.1. The standard InChI is InChI=1S/C25H50O3Si2/c1-19(2)30(20(3)4,21(5)6)28-24(23(8)18-26)15-14-22(7)16-17-27-29(12,13)25(9,10)11/h14-16,18-21,23-24H,17H2,1-13H3/b15-14+,22-16+/t23-,24+/m1/s1. The molecule has 0 aliphatic rings. The van der Waals surface area contributed by atoms with Gasteiger partial charge >= 0.3 is 0 Å². The molecule has 0 aromatic heterocycles. The molecule has 0 spiro atoms. The molecule has 0 aromatic rings. The summed E-state index contributed by atoms with van der Waals surface area (Å²) in [5, 5.41) is 0.210. The van der Waals surface area contributed by atoms with Crippen LogP contribution in [0.4, 0.5) is 0 Å². The lowest BCUT2D eigenvalue weighted by Gasteiger charge is -2.44. The minimum atomic E-state index is -2.06. The fraction of sp³-hybridized carbons (Fsp3) is 0.800. The average Bonchev–Trinajstić information content (AvgIpc) is 2.59. The third-order valence-corrected chi connectivity index (χ3v) is 17.6. The maximum atomic E-state index is 11.6. The van der Waals surface area contributed by atoms with E-state index in [9.17, 15) is 4.79 Å². The summed E-state index contributed by atoms with van der Waals surface area (Å²) >= 11 is 0. The molecule has 2 atom stereocenters. The van der Waals surface area contributed by atoms with Crippen molar-refractivity contribution in [1.29, 1.82) is 0 Å². The third kappa shape index (κ3) is 7.88. The van der Waals surface area contributed by atoms with Crippen LogP contribution in [0.3, 0.4) is 0 Å². The van der Waals surface area contributed by atoms with E-state index >= 15 is 0 Å². The van der Waals surface area contributed by atoms with E-state index in [-0.39, 0.29) is 17.1 Å². The Kier molecular flexibility index (Phi) is 11.7. The maximum absolute atomic E-state index is 11.6. The van der Waals surface area contributed by atoms with Crippen LogP contribution in [0.15, 0.2) is 23.8 Å². The van der Waals surface area contributed by atoms with Crippen molar-refractivity contribution in [2.24, 2.45) is 5.92 Å². The molecule has 0 bridgehead atoms. The summed E-state index contributed by atoms with van der Waals surface area (Å²) in [4.78, 5) is 11.6. The second-order valence-corrected chi connectivity index (χ2v) is 21.5. The molecule has 0 aliphatic carbocycles. The molecule has 0 saturated heterocycles. The van der Waals surface area contributed by atoms with E-state index < -0.39 is 16.6 Å². The summed E-state index contributed by atoms with van der Waals surface area (Å²) in [5.74, 6) is -0.166. The van der Waals surface area contributed by atoms with E-state index in [0.717, 1.165) is 11.9 Å². The summed E-state index contributed by atoms with van der Waals surface area (Å²) in [5.41, 5.74) is 2.61. The molecule has 0 unspecified atom stereocenters. The summed E-state index contributed by atoms with van der Waals surface area (Å²) in [6.45, 7) is 29.7. The normalized spacial score (nSPS) is 16.7. The predicted molar refractivity (Wildman–Crippen MR) is 137 cm³/mol. The van der Waals surface area contributed by atoms with E-state index in [1.165, 1.54) is 0 Å². The van der Waals surface area contributed by atoms with Gasteiger partial charge in [-0.15, -0.1) is 0 Å². The zero-order valence-electron chi connectivity index (χ0n) is 22.1. The smallest absolute Gasteiger partial charge is 0.201 e. The van der Waals surface area contributed by atoms with Crippen molar-refractivity contribution in [3.8, 4) is 0 Å². The zero-order chi connectivity index (χ0) is 23.9. The highest BCUT2D eigenvalue weighted by Gasteiger charge is 2.46. The van der Waals surface area contributed by atoms with E-state index in [4.69, 9.17) is 8.85 Å². The molecule has 176 valence electrons. The number of hydrogen-bond acceptors (Lipinski definition) is 3. The fourth-order valence-electron chi connectivity index (χ4n) is 3.96. The van der Waals surface area contributed by atoms with Crippen LogP contribution < -0.4 is 0 Å². The minimum Gasteiger partial charge on any atom is -0.413 e. The van der Waals surface area contributed by atoms with Crippen LogP contribution in [-0.2, 0) is 13.6 Å². The van der Waals surface area contributed by atoms with Crippen LogP contribution in [0.5, 0.6) is 0 Å². The van der Waals surface area contributed by atoms with Gasteiger partial charge in [-0.3, -0.25) is 0 Å². The van der Waals surface area contributed by atoms with Gasteiger partial charge in [-0.05, 0) is 41.7 Å². The predicted octanol–water partition coefficient (Wildman–Crippen LogP) is 7.91. The van der Waals surface area contributed by atoms with E-state index in [0.29, 0.717) is 23.2 Å². The first-order valence-corrected chi connectivity index (χ1v) is 16.7. The van der Waals surface area contributed by atoms with E-state index in [1.807, 2.05) is 6.92 Å². The Morgan fingerprint density at radius 2 is 1.40 bits per heavy atom. The third-order valence-electron chi connectivity index (χ3n) is 6.98. The quantitative estimate of drug-likeness (QED) is 0.171. The molecule has 5 heteroatoms. The topological polar surface area (TPSA) is 35.5 Å². The van der Waals surface area contributed by atoms with Crippen LogP contribution in [0, 0.1) is 5.92 Å². The van der Waals surface area contributed by atoms with Gasteiger partial charge in [-0.2, -0.15) is 0 Å². The fourth-order valence-corrected chi connectivity index (χ4v) is 10.5. The molecule has 0 fully saturated rings. The van der Waals surface area contributed by atoms with Gasteiger partial charge in [-0.25, -0.2) is 0 Å². The molecule has 0 aromatic carbocycles. The maximum Gasteiger partial charge on any atom is 0.201 e. The highest BCUT2D eigenvalue weighted by atomic mass is 28.4. The number of rotatable bonds is 12. The lowest BCUT2D eigenvalue weighted by Crippen LogP contribution is -2.51. The molecule has 0 amide bonds. The minimum absolute atomic E-state index is 0.166. The van der Waals surface area contributed by atoms with E-state index in [2.05, 4.69) is 101 Å². The number of allylic oxidation sites excluding steroid dienone is 2. The molecular weight excluding hydrogens is 404 g/mol. The number of carbonyl (C=O) groups is 1. The van der Waals surface area contributed by atoms with E-state index in [1.54, 1.807) is 0 Å². The Balaban J connectivity index is 5.53. The Hall–Kier alpha value is -0.496. The van der Waals surface area contributed by atoms with Crippen molar-refractivity contribution in [3.05, 3.63) is 23.8 Å². The Labute approximate surface area is 190 Å². The largest absolute Gasteiger partial charge is 0.413 e. The summed E-state index contributed by atoms with van der Waals surface area (Å²) in [7, 11) is -3.81. The van der Waals surface area contributed by atoms with Gasteiger partial charge in [0.1, 0.15) is 6.29 Å². The first kappa shape index (κ1) is 29.5. The molecule has 0 heterocycles. The molecule has 3 nitrogen and oxygen atoms in total. The van der Waals surface area contributed by atoms with Crippen molar-refractivity contribution >= 4 is 22.9 Å². The van der Waals surface area contributed by atoms with Crippen molar-refractivity contribution in [3.63, 3.8) is 0 Å². The monoisotopic (exact) mass is 454 g/mol. The van der Waals surface area contributed by atoms with Gasteiger partial charge in [-0.1, -0.05) is 93.0 Å². The van der Waals surface area contributed by atoms with Crippen LogP contribution in [0.25, 0.3) is 0 Å². The summed E-state index contributed by atoms with van der Waals surface area (Å²) in [6.07, 6.45) is 7.16. The van der Waals surface area contributed by atoms with Crippen molar-refractivity contribution in [1.82, 2.24) is 0 Å². The van der Waals surface area contributed by atoms with Gasteiger partial charge in [0.15, 0.2) is 8.32 Å². The molecule has 30 heavy (non-hydrogen) atoms. The highest BCUT2D eigenvalue weighted by molar-refractivity contribution is 6.77. The van der Waals surface area contributed by atoms with Gasteiger partial charge < -0.3 is 13.6 Å². The lowest BCUT2D eigenvalue weighted by molar-refractivity contribution is -0.112. The first-order chi connectivity index (χ1) is 13.5. The van der Waals surface area contributed by atoms with Crippen molar-refractivity contribution in [2.45, 2.75) is 117 Å². The summed E-state index contributed by atoms with van der Waals surface area (Å²) in [6, 6.07) is 0. The number of aldehydes is 1. The molecular formula is C25H50O3Si2. The Morgan fingerprint density at radius 3 is 1.77 bits per heavy atom. The SMILES string of the molecule is CC(/C=C/[C@H](O[Si](C(C)C)(C(C)C)C(C)C)[C@H](C)C=O)=C\CO[Si](C)(C)C(C)(C)C. The molecule has 0 rings (SSSR count). The van der Waals surface area contributed by atoms with Gasteiger partial charge in [0.05, 0.1) is 12.7 Å². The Morgan fingerprint density at radius 1 is 0.933 bits per heavy atom. The Bertz CT molecular complexity index is 562. The van der Waals surface area contributed by atoms with Gasteiger partial charge in [0, 0.05) is 5.92 Å². The van der Waals surface area contributed by atoms with Gasteiger partial charge in [0.2, 0.25) is 8.32 Å². The van der Waals surface area contributed by atoms with Crippen LogP contribution in [0.2, 0.25) is 34.8 Å². The molecule has 0 aliphatic heterocycles. The van der Waals surface area contributed by atoms with Crippen molar-refractivity contribution in [2.75, 3.05) is 6.61 Å². The highest BCUT2D eigenvalue weighted by Crippen LogP contribution is 2.43. The first-order valence-electron chi connectivity index (χ1n) is 11.6. The number of hydrogen-bond donors (Lipinski definition) is 0. The summed E-state index contributed by atoms with van der Waals surface area (Å²) < 4.78 is 13.2. The van der Waals surface area contributed by atoms with Crippen LogP contribution >= 0.6 is 0 Å². The number of carbonyl (C=O) groups excluding carboxylic acids is 1. The van der Waals surface area contributed by atoms with Gasteiger partial charge in [0.25, 0.3) is 0 Å². The molecule has 0 radical (unpaired) electrons. The molecule has 0 N–H and O–H groups in total. The average molecular weight is 455 g/mol. The molecule has 0 saturated carbocycles. The van der Waals surface area contributed by atoms with Crippen molar-refractivity contribution < 1.29 is 13.6 Å². The lowest BCUT2D eigenvalue weighted by atomic mass is 10.1. The van der Waals surface area contributed by atoms with Crippen LogP contribution in [-0.4, -0.2) is 35.6 Å². The van der Waals surface area contributed by atoms with Crippen LogP contribution in [0.1, 0.15) is 76.2 Å².